The van der Waals surface area contributed by atoms with Gasteiger partial charge in [0.25, 0.3) is 0 Å². The summed E-state index contributed by atoms with van der Waals surface area (Å²) in [5, 5.41) is 0. The maximum Gasteiger partial charge on any atom is 0.402 e. The highest BCUT2D eigenvalue weighted by Crippen LogP contribution is 2.43. The molecule has 0 spiro atoms. The highest BCUT2D eigenvalue weighted by atomic mass is 19.4. The van der Waals surface area contributed by atoms with Crippen LogP contribution in [-0.2, 0) is 4.79 Å². The number of hydrogen-bond donors (Lipinski definition) is 0. The van der Waals surface area contributed by atoms with Gasteiger partial charge in [0.15, 0.2) is 5.92 Å². The summed E-state index contributed by atoms with van der Waals surface area (Å²) in [6, 6.07) is -2.15. The number of carbonyl (C=O) groups excluding carboxylic acids is 1. The monoisotopic (exact) mass is 333 g/mol. The average molecular weight is 333 g/mol. The Balaban J connectivity index is 4.54. The molecule has 0 radical (unpaired) electrons. The lowest BCUT2D eigenvalue weighted by Gasteiger charge is -2.27. The van der Waals surface area contributed by atoms with Crippen LogP contribution in [0, 0.1) is 5.92 Å². The quantitative estimate of drug-likeness (QED) is 0.222. The number of nitrogens with zero attached hydrogens (tertiary/aromatic N) is 1. The van der Waals surface area contributed by atoms with Gasteiger partial charge in [-0.05, 0) is 6.42 Å². The number of alkyl halides is 6. The second kappa shape index (κ2) is 9.87. The number of unbranched alkanes of at least 4 members (excludes halogenated alkanes) is 6. The summed E-state index contributed by atoms with van der Waals surface area (Å²) in [6.45, 7) is 2.04. The van der Waals surface area contributed by atoms with Gasteiger partial charge in [-0.3, -0.25) is 0 Å². The Labute approximate surface area is 126 Å². The Morgan fingerprint density at radius 3 is 1.73 bits per heavy atom. The Morgan fingerprint density at radius 2 is 1.32 bits per heavy atom. The van der Waals surface area contributed by atoms with Crippen molar-refractivity contribution >= 4 is 6.08 Å². The standard InChI is InChI=1S/C14H21F6NO/c1-2-3-4-5-6-7-8-9-11(21-10-22)12(13(15,16)17)14(18,19)20/h11-12H,2-9H2,1H3. The van der Waals surface area contributed by atoms with E-state index in [9.17, 15) is 31.1 Å². The van der Waals surface area contributed by atoms with Gasteiger partial charge in [0.2, 0.25) is 6.08 Å². The second-order valence-electron chi connectivity index (χ2n) is 5.26. The Bertz CT molecular complexity index is 332. The second-order valence-corrected chi connectivity index (χ2v) is 5.26. The highest BCUT2D eigenvalue weighted by molar-refractivity contribution is 5.33. The van der Waals surface area contributed by atoms with Crippen molar-refractivity contribution in [2.24, 2.45) is 10.9 Å². The van der Waals surface area contributed by atoms with Crippen molar-refractivity contribution in [2.75, 3.05) is 0 Å². The third kappa shape index (κ3) is 8.41. The van der Waals surface area contributed by atoms with Crippen LogP contribution in [0.25, 0.3) is 0 Å². The summed E-state index contributed by atoms with van der Waals surface area (Å²) >= 11 is 0. The third-order valence-electron chi connectivity index (χ3n) is 3.41. The van der Waals surface area contributed by atoms with E-state index in [2.05, 4.69) is 4.99 Å². The number of aliphatic imine (C=N–C) groups is 1. The Hall–Kier alpha value is -1.04. The Morgan fingerprint density at radius 1 is 0.864 bits per heavy atom. The molecule has 1 atom stereocenters. The molecule has 1 unspecified atom stereocenters. The predicted molar refractivity (Wildman–Crippen MR) is 70.1 cm³/mol. The molecule has 0 aliphatic carbocycles. The highest BCUT2D eigenvalue weighted by Gasteiger charge is 2.60. The molecule has 8 heteroatoms. The number of isocyanates is 1. The maximum absolute atomic E-state index is 12.6. The summed E-state index contributed by atoms with van der Waals surface area (Å²) in [7, 11) is 0. The van der Waals surface area contributed by atoms with Crippen LogP contribution in [0.4, 0.5) is 26.3 Å². The van der Waals surface area contributed by atoms with Crippen molar-refractivity contribution in [3.8, 4) is 0 Å². The van der Waals surface area contributed by atoms with Gasteiger partial charge in [-0.25, -0.2) is 9.79 Å². The summed E-state index contributed by atoms with van der Waals surface area (Å²) in [4.78, 5) is 12.9. The molecule has 0 amide bonds. The van der Waals surface area contributed by atoms with Crippen molar-refractivity contribution < 1.29 is 31.1 Å². The lowest BCUT2D eigenvalue weighted by molar-refractivity contribution is -0.289. The minimum atomic E-state index is -5.48. The summed E-state index contributed by atoms with van der Waals surface area (Å²) in [5.41, 5.74) is 0. The smallest absolute Gasteiger partial charge is 0.211 e. The zero-order valence-corrected chi connectivity index (χ0v) is 12.4. The van der Waals surface area contributed by atoms with Crippen LogP contribution < -0.4 is 0 Å². The molecule has 0 saturated carbocycles. The summed E-state index contributed by atoms with van der Waals surface area (Å²) < 4.78 is 75.6. The number of halogens is 6. The summed E-state index contributed by atoms with van der Waals surface area (Å²) in [5.74, 6) is -3.61. The average Bonchev–Trinajstić information content (AvgIpc) is 2.34. The lowest BCUT2D eigenvalue weighted by Crippen LogP contribution is -2.44. The fourth-order valence-electron chi connectivity index (χ4n) is 2.31. The molecular weight excluding hydrogens is 312 g/mol. The van der Waals surface area contributed by atoms with Crippen LogP contribution in [0.2, 0.25) is 0 Å². The van der Waals surface area contributed by atoms with E-state index in [1.54, 1.807) is 0 Å². The first-order valence-electron chi connectivity index (χ1n) is 7.35. The predicted octanol–water partition coefficient (Wildman–Crippen LogP) is 5.57. The van der Waals surface area contributed by atoms with E-state index in [0.29, 0.717) is 6.42 Å². The maximum atomic E-state index is 12.6. The first-order chi connectivity index (χ1) is 10.1. The van der Waals surface area contributed by atoms with Crippen LogP contribution in [0.3, 0.4) is 0 Å². The normalized spacial score (nSPS) is 14.0. The molecular formula is C14H21F6NO. The Kier molecular flexibility index (Phi) is 9.41. The molecule has 0 aliphatic heterocycles. The van der Waals surface area contributed by atoms with E-state index in [1.165, 1.54) is 0 Å². The van der Waals surface area contributed by atoms with Crippen LogP contribution in [0.1, 0.15) is 58.3 Å². The van der Waals surface area contributed by atoms with E-state index in [0.717, 1.165) is 38.2 Å². The molecule has 0 rings (SSSR count). The van der Waals surface area contributed by atoms with Gasteiger partial charge in [0.05, 0.1) is 6.04 Å². The van der Waals surface area contributed by atoms with Gasteiger partial charge < -0.3 is 0 Å². The largest absolute Gasteiger partial charge is 0.402 e. The van der Waals surface area contributed by atoms with Crippen molar-refractivity contribution in [3.05, 3.63) is 0 Å². The molecule has 0 fully saturated rings. The van der Waals surface area contributed by atoms with E-state index in [4.69, 9.17) is 0 Å². The number of hydrogen-bond acceptors (Lipinski definition) is 2. The first kappa shape index (κ1) is 21.0. The van der Waals surface area contributed by atoms with E-state index in [1.807, 2.05) is 6.92 Å². The van der Waals surface area contributed by atoms with E-state index in [-0.39, 0.29) is 6.42 Å². The van der Waals surface area contributed by atoms with Crippen LogP contribution in [0.5, 0.6) is 0 Å². The van der Waals surface area contributed by atoms with Gasteiger partial charge in [0, 0.05) is 0 Å². The van der Waals surface area contributed by atoms with Crippen molar-refractivity contribution in [2.45, 2.75) is 76.7 Å². The fraction of sp³-hybridized carbons (Fsp3) is 0.929. The fourth-order valence-corrected chi connectivity index (χ4v) is 2.31. The van der Waals surface area contributed by atoms with Crippen LogP contribution in [0.15, 0.2) is 4.99 Å². The van der Waals surface area contributed by atoms with E-state index < -0.39 is 30.7 Å². The number of rotatable bonds is 10. The van der Waals surface area contributed by atoms with Gasteiger partial charge in [-0.2, -0.15) is 26.3 Å². The molecule has 130 valence electrons. The van der Waals surface area contributed by atoms with Crippen molar-refractivity contribution in [1.82, 2.24) is 0 Å². The van der Waals surface area contributed by atoms with Crippen molar-refractivity contribution in [3.63, 3.8) is 0 Å². The molecule has 0 aromatic carbocycles. The molecule has 0 aliphatic rings. The molecule has 2 nitrogen and oxygen atoms in total. The minimum Gasteiger partial charge on any atom is -0.211 e. The van der Waals surface area contributed by atoms with Gasteiger partial charge in [-0.15, -0.1) is 0 Å². The van der Waals surface area contributed by atoms with Crippen molar-refractivity contribution in [1.29, 1.82) is 0 Å². The molecule has 0 aromatic rings. The van der Waals surface area contributed by atoms with Crippen LogP contribution >= 0.6 is 0 Å². The topological polar surface area (TPSA) is 29.4 Å². The van der Waals surface area contributed by atoms with Gasteiger partial charge in [-0.1, -0.05) is 51.9 Å². The van der Waals surface area contributed by atoms with E-state index >= 15 is 0 Å². The zero-order chi connectivity index (χ0) is 17.2. The minimum absolute atomic E-state index is 0.171. The molecule has 0 bridgehead atoms. The third-order valence-corrected chi connectivity index (χ3v) is 3.41. The zero-order valence-electron chi connectivity index (χ0n) is 12.4. The van der Waals surface area contributed by atoms with Gasteiger partial charge >= 0.3 is 12.4 Å². The summed E-state index contributed by atoms with van der Waals surface area (Å²) in [6.07, 6.45) is -5.10. The molecule has 0 aromatic heterocycles. The lowest BCUT2D eigenvalue weighted by atomic mass is 9.93. The first-order valence-corrected chi connectivity index (χ1v) is 7.35. The SMILES string of the molecule is CCCCCCCCCC(N=C=O)C(C(F)(F)F)C(F)(F)F. The molecule has 0 saturated heterocycles. The van der Waals surface area contributed by atoms with Gasteiger partial charge in [0.1, 0.15) is 0 Å². The molecule has 0 heterocycles. The molecule has 0 N–H and O–H groups in total. The van der Waals surface area contributed by atoms with Crippen LogP contribution in [-0.4, -0.2) is 24.5 Å². The molecule has 22 heavy (non-hydrogen) atoms.